The van der Waals surface area contributed by atoms with E-state index >= 15 is 0 Å². The van der Waals surface area contributed by atoms with Gasteiger partial charge in [0.1, 0.15) is 5.03 Å². The Kier molecular flexibility index (Phi) is 5.42. The number of pyridine rings is 1. The summed E-state index contributed by atoms with van der Waals surface area (Å²) in [6.45, 7) is 3.99. The molecule has 0 fully saturated rings. The number of amides is 1. The molecule has 3 nitrogen and oxygen atoms in total. The third kappa shape index (κ3) is 4.08. The topological polar surface area (TPSA) is 33.2 Å². The highest BCUT2D eigenvalue weighted by atomic mass is 79.9. The van der Waals surface area contributed by atoms with Crippen molar-refractivity contribution in [3.63, 3.8) is 0 Å². The summed E-state index contributed by atoms with van der Waals surface area (Å²) in [5.74, 6) is -0.00212. The van der Waals surface area contributed by atoms with Gasteiger partial charge in [0.05, 0.1) is 5.56 Å². The molecule has 2 rings (SSSR count). The van der Waals surface area contributed by atoms with E-state index < -0.39 is 0 Å². The highest BCUT2D eigenvalue weighted by molar-refractivity contribution is 9.10. The third-order valence-electron chi connectivity index (χ3n) is 3.12. The fraction of sp³-hybridized carbons (Fsp3) is 0.250. The molecular weight excluding hydrogens is 348 g/mol. The van der Waals surface area contributed by atoms with Crippen LogP contribution in [-0.2, 0) is 0 Å². The molecule has 0 N–H and O–H groups in total. The van der Waals surface area contributed by atoms with Crippen LogP contribution >= 0.6 is 27.7 Å². The molecule has 0 spiro atoms. The minimum absolute atomic E-state index is 0.00212. The Morgan fingerprint density at radius 2 is 1.90 bits per heavy atom. The third-order valence-corrected chi connectivity index (χ3v) is 4.68. The molecule has 21 heavy (non-hydrogen) atoms. The Balaban J connectivity index is 2.28. The van der Waals surface area contributed by atoms with Crippen molar-refractivity contribution >= 4 is 33.6 Å². The van der Waals surface area contributed by atoms with Gasteiger partial charge in [-0.2, -0.15) is 0 Å². The van der Waals surface area contributed by atoms with Gasteiger partial charge >= 0.3 is 0 Å². The lowest BCUT2D eigenvalue weighted by Crippen LogP contribution is -2.33. The molecule has 2 aromatic rings. The van der Waals surface area contributed by atoms with E-state index in [2.05, 4.69) is 20.9 Å². The van der Waals surface area contributed by atoms with Crippen molar-refractivity contribution in [2.45, 2.75) is 29.8 Å². The summed E-state index contributed by atoms with van der Waals surface area (Å²) in [6, 6.07) is 11.7. The minimum Gasteiger partial charge on any atom is -0.339 e. The smallest absolute Gasteiger partial charge is 0.256 e. The molecule has 0 bridgehead atoms. The average molecular weight is 365 g/mol. The summed E-state index contributed by atoms with van der Waals surface area (Å²) in [6.07, 6.45) is 1.72. The Morgan fingerprint density at radius 3 is 2.52 bits per heavy atom. The van der Waals surface area contributed by atoms with Gasteiger partial charge in [0.25, 0.3) is 5.91 Å². The maximum absolute atomic E-state index is 12.5. The van der Waals surface area contributed by atoms with E-state index in [1.54, 1.807) is 17.2 Å². The zero-order valence-corrected chi connectivity index (χ0v) is 14.6. The maximum Gasteiger partial charge on any atom is 0.256 e. The lowest BCUT2D eigenvalue weighted by Gasteiger charge is -2.22. The molecular formula is C16H17BrN2OS. The van der Waals surface area contributed by atoms with Gasteiger partial charge in [0.2, 0.25) is 0 Å². The monoisotopic (exact) mass is 364 g/mol. The molecule has 0 atom stereocenters. The van der Waals surface area contributed by atoms with Crippen LogP contribution in [0.1, 0.15) is 24.2 Å². The molecule has 5 heteroatoms. The molecule has 0 unspecified atom stereocenters. The summed E-state index contributed by atoms with van der Waals surface area (Å²) < 4.78 is 1.03. The molecule has 0 aliphatic carbocycles. The van der Waals surface area contributed by atoms with E-state index in [0.717, 1.165) is 14.4 Å². The quantitative estimate of drug-likeness (QED) is 0.801. The first kappa shape index (κ1) is 16.0. The highest BCUT2D eigenvalue weighted by Crippen LogP contribution is 2.30. The van der Waals surface area contributed by atoms with Gasteiger partial charge in [0, 0.05) is 28.7 Å². The number of carbonyl (C=O) groups excluding carboxylic acids is 1. The van der Waals surface area contributed by atoms with Gasteiger partial charge in [-0.15, -0.1) is 0 Å². The van der Waals surface area contributed by atoms with Crippen molar-refractivity contribution in [2.75, 3.05) is 7.05 Å². The number of carbonyl (C=O) groups is 1. The molecule has 1 amide bonds. The molecule has 1 aromatic heterocycles. The van der Waals surface area contributed by atoms with Gasteiger partial charge in [-0.3, -0.25) is 4.79 Å². The average Bonchev–Trinajstić information content (AvgIpc) is 2.48. The summed E-state index contributed by atoms with van der Waals surface area (Å²) in [5.41, 5.74) is 0.640. The predicted molar refractivity (Wildman–Crippen MR) is 89.7 cm³/mol. The Bertz CT molecular complexity index is 628. The number of halogens is 1. The van der Waals surface area contributed by atoms with E-state index in [4.69, 9.17) is 0 Å². The lowest BCUT2D eigenvalue weighted by atomic mass is 10.2. The fourth-order valence-corrected chi connectivity index (χ4v) is 2.81. The first-order valence-electron chi connectivity index (χ1n) is 6.64. The first-order valence-corrected chi connectivity index (χ1v) is 8.25. The predicted octanol–water partition coefficient (Wildman–Crippen LogP) is 4.48. The number of aromatic nitrogens is 1. The van der Waals surface area contributed by atoms with Crippen molar-refractivity contribution in [1.29, 1.82) is 0 Å². The fourth-order valence-electron chi connectivity index (χ4n) is 1.67. The van der Waals surface area contributed by atoms with Gasteiger partial charge in [0.15, 0.2) is 0 Å². The van der Waals surface area contributed by atoms with E-state index in [-0.39, 0.29) is 11.9 Å². The van der Waals surface area contributed by atoms with Gasteiger partial charge in [-0.25, -0.2) is 4.98 Å². The van der Waals surface area contributed by atoms with Crippen LogP contribution in [0.15, 0.2) is 57.0 Å². The summed E-state index contributed by atoms with van der Waals surface area (Å²) in [4.78, 5) is 19.7. The number of hydrogen-bond acceptors (Lipinski definition) is 3. The van der Waals surface area contributed by atoms with Crippen molar-refractivity contribution in [2.24, 2.45) is 0 Å². The summed E-state index contributed by atoms with van der Waals surface area (Å²) >= 11 is 4.92. The Hall–Kier alpha value is -1.33. The number of benzene rings is 1. The van der Waals surface area contributed by atoms with Gasteiger partial charge in [-0.1, -0.05) is 27.7 Å². The van der Waals surface area contributed by atoms with Crippen molar-refractivity contribution in [1.82, 2.24) is 9.88 Å². The van der Waals surface area contributed by atoms with Crippen LogP contribution in [0, 0.1) is 0 Å². The Labute approximate surface area is 137 Å². The number of rotatable bonds is 4. The van der Waals surface area contributed by atoms with Crippen LogP contribution in [0.25, 0.3) is 0 Å². The molecule has 110 valence electrons. The van der Waals surface area contributed by atoms with Gasteiger partial charge in [-0.05, 0) is 50.2 Å². The molecule has 1 heterocycles. The second-order valence-electron chi connectivity index (χ2n) is 4.92. The minimum atomic E-state index is -0.00212. The molecule has 0 saturated carbocycles. The lowest BCUT2D eigenvalue weighted by molar-refractivity contribution is 0.0750. The van der Waals surface area contributed by atoms with Crippen LogP contribution in [0.3, 0.4) is 0 Å². The van der Waals surface area contributed by atoms with Crippen LogP contribution < -0.4 is 0 Å². The van der Waals surface area contributed by atoms with Crippen LogP contribution in [0.2, 0.25) is 0 Å². The molecule has 1 aromatic carbocycles. The normalized spacial score (nSPS) is 10.7. The number of hydrogen-bond donors (Lipinski definition) is 0. The van der Waals surface area contributed by atoms with E-state index in [1.165, 1.54) is 11.8 Å². The molecule has 0 saturated heterocycles. The number of nitrogens with zero attached hydrogens (tertiary/aromatic N) is 2. The van der Waals surface area contributed by atoms with Crippen LogP contribution in [0.5, 0.6) is 0 Å². The molecule has 0 aliphatic heterocycles. The summed E-state index contributed by atoms with van der Waals surface area (Å²) in [5, 5.41) is 0.734. The largest absolute Gasteiger partial charge is 0.339 e. The second-order valence-corrected chi connectivity index (χ2v) is 6.90. The summed E-state index contributed by atoms with van der Waals surface area (Å²) in [7, 11) is 1.81. The maximum atomic E-state index is 12.5. The zero-order chi connectivity index (χ0) is 15.4. The zero-order valence-electron chi connectivity index (χ0n) is 12.2. The van der Waals surface area contributed by atoms with Crippen LogP contribution in [0.4, 0.5) is 0 Å². The van der Waals surface area contributed by atoms with Crippen LogP contribution in [-0.4, -0.2) is 28.9 Å². The molecule has 0 aliphatic rings. The van der Waals surface area contributed by atoms with E-state index in [0.29, 0.717) is 5.56 Å². The molecule has 0 radical (unpaired) electrons. The van der Waals surface area contributed by atoms with Crippen molar-refractivity contribution in [3.05, 3.63) is 52.6 Å². The second kappa shape index (κ2) is 7.09. The first-order chi connectivity index (χ1) is 9.99. The SMILES string of the molecule is CC(C)N(C)C(=O)c1cccnc1Sc1ccc(Br)cc1. The Morgan fingerprint density at radius 1 is 1.24 bits per heavy atom. The van der Waals surface area contributed by atoms with Crippen molar-refractivity contribution in [3.8, 4) is 0 Å². The van der Waals surface area contributed by atoms with E-state index in [9.17, 15) is 4.79 Å². The van der Waals surface area contributed by atoms with Gasteiger partial charge < -0.3 is 4.90 Å². The van der Waals surface area contributed by atoms with E-state index in [1.807, 2.05) is 51.2 Å². The standard InChI is InChI=1S/C16H17BrN2OS/c1-11(2)19(3)16(20)14-5-4-10-18-15(14)21-13-8-6-12(17)7-9-13/h4-11H,1-3H3. The highest BCUT2D eigenvalue weighted by Gasteiger charge is 2.19. The van der Waals surface area contributed by atoms with Crippen molar-refractivity contribution < 1.29 is 4.79 Å².